The second kappa shape index (κ2) is 3.78. The number of fused-ring (bicyclic) bond motifs is 1. The lowest BCUT2D eigenvalue weighted by atomic mass is 9.89. The Morgan fingerprint density at radius 3 is 2.89 bits per heavy atom. The standard InChI is InChI=1S/C14H13FN2O/c15-11-6-10(7-17-8-11)14(18)4-3-9-5-12(16)1-2-13(9)14/h1-2,5-8,18H,3-4,16H2. The van der Waals surface area contributed by atoms with Gasteiger partial charge in [0.1, 0.15) is 11.4 Å². The number of pyridine rings is 1. The summed E-state index contributed by atoms with van der Waals surface area (Å²) in [5, 5.41) is 10.8. The molecule has 1 atom stereocenters. The molecule has 1 aromatic carbocycles. The molecule has 0 fully saturated rings. The normalized spacial score (nSPS) is 21.9. The molecule has 1 heterocycles. The molecule has 1 aromatic heterocycles. The molecule has 0 bridgehead atoms. The summed E-state index contributed by atoms with van der Waals surface area (Å²) in [6, 6.07) is 6.75. The second-order valence-electron chi connectivity index (χ2n) is 4.67. The minimum absolute atomic E-state index is 0.440. The summed E-state index contributed by atoms with van der Waals surface area (Å²) in [4.78, 5) is 3.80. The molecule has 18 heavy (non-hydrogen) atoms. The first kappa shape index (κ1) is 11.2. The van der Waals surface area contributed by atoms with Crippen molar-refractivity contribution in [1.82, 2.24) is 4.98 Å². The number of anilines is 1. The Hall–Kier alpha value is -1.94. The maximum Gasteiger partial charge on any atom is 0.141 e. The van der Waals surface area contributed by atoms with Crippen molar-refractivity contribution in [3.8, 4) is 0 Å². The Morgan fingerprint density at radius 2 is 2.11 bits per heavy atom. The van der Waals surface area contributed by atoms with Gasteiger partial charge in [0.15, 0.2) is 0 Å². The second-order valence-corrected chi connectivity index (χ2v) is 4.67. The number of nitrogens with zero attached hydrogens (tertiary/aromatic N) is 1. The number of rotatable bonds is 1. The predicted molar refractivity (Wildman–Crippen MR) is 66.4 cm³/mol. The summed E-state index contributed by atoms with van der Waals surface area (Å²) in [7, 11) is 0. The van der Waals surface area contributed by atoms with Crippen molar-refractivity contribution in [2.45, 2.75) is 18.4 Å². The van der Waals surface area contributed by atoms with E-state index in [9.17, 15) is 9.50 Å². The Balaban J connectivity index is 2.14. The summed E-state index contributed by atoms with van der Waals surface area (Å²) in [6.45, 7) is 0. The topological polar surface area (TPSA) is 59.1 Å². The van der Waals surface area contributed by atoms with Crippen LogP contribution >= 0.6 is 0 Å². The Morgan fingerprint density at radius 1 is 1.28 bits per heavy atom. The highest BCUT2D eigenvalue weighted by atomic mass is 19.1. The van der Waals surface area contributed by atoms with Crippen LogP contribution in [0.2, 0.25) is 0 Å². The van der Waals surface area contributed by atoms with Crippen molar-refractivity contribution in [1.29, 1.82) is 0 Å². The van der Waals surface area contributed by atoms with Crippen LogP contribution in [0.4, 0.5) is 10.1 Å². The van der Waals surface area contributed by atoms with Gasteiger partial charge in [-0.3, -0.25) is 4.98 Å². The highest BCUT2D eigenvalue weighted by Crippen LogP contribution is 2.42. The lowest BCUT2D eigenvalue weighted by molar-refractivity contribution is 0.0822. The third-order valence-electron chi connectivity index (χ3n) is 3.51. The van der Waals surface area contributed by atoms with Gasteiger partial charge in [0.25, 0.3) is 0 Å². The molecule has 3 N–H and O–H groups in total. The van der Waals surface area contributed by atoms with E-state index in [2.05, 4.69) is 4.98 Å². The van der Waals surface area contributed by atoms with E-state index < -0.39 is 11.4 Å². The van der Waals surface area contributed by atoms with E-state index in [-0.39, 0.29) is 0 Å². The van der Waals surface area contributed by atoms with Crippen molar-refractivity contribution < 1.29 is 9.50 Å². The van der Waals surface area contributed by atoms with Crippen LogP contribution in [-0.2, 0) is 12.0 Å². The van der Waals surface area contributed by atoms with Gasteiger partial charge in [0.2, 0.25) is 0 Å². The highest BCUT2D eigenvalue weighted by molar-refractivity contribution is 5.52. The van der Waals surface area contributed by atoms with Gasteiger partial charge in [-0.15, -0.1) is 0 Å². The minimum Gasteiger partial charge on any atom is -0.399 e. The molecule has 1 aliphatic rings. The zero-order valence-corrected chi connectivity index (χ0v) is 9.73. The first-order valence-corrected chi connectivity index (χ1v) is 5.82. The van der Waals surface area contributed by atoms with E-state index in [1.165, 1.54) is 12.3 Å². The van der Waals surface area contributed by atoms with E-state index in [1.807, 2.05) is 12.1 Å². The number of aromatic nitrogens is 1. The molecule has 0 saturated heterocycles. The van der Waals surface area contributed by atoms with Gasteiger partial charge in [0, 0.05) is 17.4 Å². The molecule has 0 radical (unpaired) electrons. The lowest BCUT2D eigenvalue weighted by Gasteiger charge is -2.24. The van der Waals surface area contributed by atoms with E-state index >= 15 is 0 Å². The van der Waals surface area contributed by atoms with Crippen LogP contribution in [0.15, 0.2) is 36.7 Å². The highest BCUT2D eigenvalue weighted by Gasteiger charge is 2.38. The molecular weight excluding hydrogens is 231 g/mol. The lowest BCUT2D eigenvalue weighted by Crippen LogP contribution is -2.24. The van der Waals surface area contributed by atoms with E-state index in [1.54, 1.807) is 6.07 Å². The number of nitrogen functional groups attached to an aromatic ring is 1. The number of aryl methyl sites for hydroxylation is 1. The van der Waals surface area contributed by atoms with Crippen molar-refractivity contribution in [3.05, 3.63) is 59.2 Å². The van der Waals surface area contributed by atoms with Crippen LogP contribution in [-0.4, -0.2) is 10.1 Å². The zero-order valence-electron chi connectivity index (χ0n) is 9.73. The van der Waals surface area contributed by atoms with E-state index in [0.717, 1.165) is 23.7 Å². The van der Waals surface area contributed by atoms with Gasteiger partial charge in [0.05, 0.1) is 6.20 Å². The van der Waals surface area contributed by atoms with Gasteiger partial charge >= 0.3 is 0 Å². The van der Waals surface area contributed by atoms with Gasteiger partial charge in [-0.1, -0.05) is 6.07 Å². The first-order chi connectivity index (χ1) is 8.59. The summed E-state index contributed by atoms with van der Waals surface area (Å²) in [5.41, 5.74) is 7.55. The third kappa shape index (κ3) is 1.57. The summed E-state index contributed by atoms with van der Waals surface area (Å²) in [5.74, 6) is -0.440. The van der Waals surface area contributed by atoms with Gasteiger partial charge in [-0.25, -0.2) is 4.39 Å². The van der Waals surface area contributed by atoms with Crippen LogP contribution < -0.4 is 5.73 Å². The fraction of sp³-hybridized carbons (Fsp3) is 0.214. The first-order valence-electron chi connectivity index (χ1n) is 5.82. The molecular formula is C14H13FN2O. The minimum atomic E-state index is -1.15. The van der Waals surface area contributed by atoms with Crippen LogP contribution in [0.3, 0.4) is 0 Å². The number of hydrogen-bond acceptors (Lipinski definition) is 3. The predicted octanol–water partition coefficient (Wildman–Crippen LogP) is 1.98. The number of nitrogens with two attached hydrogens (primary N) is 1. The molecule has 92 valence electrons. The van der Waals surface area contributed by atoms with E-state index in [4.69, 9.17) is 5.73 Å². The monoisotopic (exact) mass is 244 g/mol. The summed E-state index contributed by atoms with van der Waals surface area (Å²) >= 11 is 0. The van der Waals surface area contributed by atoms with Crippen molar-refractivity contribution >= 4 is 5.69 Å². The largest absolute Gasteiger partial charge is 0.399 e. The molecule has 0 amide bonds. The smallest absolute Gasteiger partial charge is 0.141 e. The molecule has 3 rings (SSSR count). The number of hydrogen-bond donors (Lipinski definition) is 2. The maximum absolute atomic E-state index is 13.2. The third-order valence-corrected chi connectivity index (χ3v) is 3.51. The number of benzene rings is 1. The Kier molecular flexibility index (Phi) is 2.35. The van der Waals surface area contributed by atoms with E-state index in [0.29, 0.717) is 17.7 Å². The van der Waals surface area contributed by atoms with Crippen molar-refractivity contribution in [3.63, 3.8) is 0 Å². The number of aliphatic hydroxyl groups is 1. The van der Waals surface area contributed by atoms with Crippen molar-refractivity contribution in [2.24, 2.45) is 0 Å². The molecule has 0 spiro atoms. The van der Waals surface area contributed by atoms with Crippen LogP contribution in [0.25, 0.3) is 0 Å². The summed E-state index contributed by atoms with van der Waals surface area (Å²) in [6.07, 6.45) is 3.89. The van der Waals surface area contributed by atoms with Crippen molar-refractivity contribution in [2.75, 3.05) is 5.73 Å². The molecule has 3 nitrogen and oxygen atoms in total. The average Bonchev–Trinajstić information content (AvgIpc) is 2.68. The fourth-order valence-electron chi connectivity index (χ4n) is 2.61. The molecule has 1 unspecified atom stereocenters. The maximum atomic E-state index is 13.2. The van der Waals surface area contributed by atoms with Gasteiger partial charge < -0.3 is 10.8 Å². The Bertz CT molecular complexity index is 614. The average molecular weight is 244 g/mol. The Labute approximate surface area is 104 Å². The fourth-order valence-corrected chi connectivity index (χ4v) is 2.61. The molecule has 4 heteroatoms. The van der Waals surface area contributed by atoms with Crippen LogP contribution in [0.1, 0.15) is 23.1 Å². The van der Waals surface area contributed by atoms with Gasteiger partial charge in [-0.05, 0) is 42.2 Å². The quantitative estimate of drug-likeness (QED) is 0.754. The molecule has 0 saturated carbocycles. The zero-order chi connectivity index (χ0) is 12.8. The molecule has 0 aliphatic heterocycles. The summed E-state index contributed by atoms with van der Waals surface area (Å²) < 4.78 is 13.2. The molecule has 2 aromatic rings. The molecule has 1 aliphatic carbocycles. The van der Waals surface area contributed by atoms with Crippen LogP contribution in [0, 0.1) is 5.82 Å². The number of halogens is 1. The van der Waals surface area contributed by atoms with Gasteiger partial charge in [-0.2, -0.15) is 0 Å². The van der Waals surface area contributed by atoms with Crippen LogP contribution in [0.5, 0.6) is 0 Å². The SMILES string of the molecule is Nc1ccc2c(c1)CCC2(O)c1cncc(F)c1.